The molecule has 0 radical (unpaired) electrons. The van der Waals surface area contributed by atoms with Crippen molar-refractivity contribution in [3.05, 3.63) is 62.5 Å². The minimum Gasteiger partial charge on any atom is -0.350 e. The highest BCUT2D eigenvalue weighted by atomic mass is 35.5. The summed E-state index contributed by atoms with van der Waals surface area (Å²) >= 11 is 7.83. The van der Waals surface area contributed by atoms with Gasteiger partial charge in [0.2, 0.25) is 5.91 Å². The smallest absolute Gasteiger partial charge is 0.246 e. The number of fused-ring (bicyclic) bond motifs is 3. The van der Waals surface area contributed by atoms with E-state index in [-0.39, 0.29) is 12.3 Å². The van der Waals surface area contributed by atoms with Gasteiger partial charge in [0, 0.05) is 34.1 Å². The molecule has 1 unspecified atom stereocenters. The van der Waals surface area contributed by atoms with Crippen molar-refractivity contribution in [3.63, 3.8) is 0 Å². The SMILES string of the molecule is Cc1sc2c(c1C)C(c1ccc(Cl)cc1)=N[C@H](CC(=O)NOC1CCCCO1)c1nnc(C)n1-2. The molecule has 2 aromatic heterocycles. The number of nitrogens with zero attached hydrogens (tertiary/aromatic N) is 4. The Kier molecular flexibility index (Phi) is 6.52. The average molecular weight is 500 g/mol. The number of halogens is 1. The van der Waals surface area contributed by atoms with Crippen molar-refractivity contribution in [3.8, 4) is 5.00 Å². The summed E-state index contributed by atoms with van der Waals surface area (Å²) in [5.41, 5.74) is 6.47. The van der Waals surface area contributed by atoms with Gasteiger partial charge in [-0.2, -0.15) is 0 Å². The second-order valence-corrected chi connectivity index (χ2v) is 10.2. The van der Waals surface area contributed by atoms with Gasteiger partial charge in [0.15, 0.2) is 12.1 Å². The number of rotatable bonds is 5. The van der Waals surface area contributed by atoms with Crippen LogP contribution in [-0.4, -0.2) is 39.3 Å². The molecule has 1 saturated heterocycles. The van der Waals surface area contributed by atoms with Crippen molar-refractivity contribution >= 4 is 34.6 Å². The van der Waals surface area contributed by atoms with Gasteiger partial charge in [0.05, 0.1) is 12.1 Å². The lowest BCUT2D eigenvalue weighted by molar-refractivity contribution is -0.200. The molecular weight excluding hydrogens is 474 g/mol. The number of nitrogens with one attached hydrogen (secondary N) is 1. The van der Waals surface area contributed by atoms with E-state index in [1.807, 2.05) is 35.8 Å². The van der Waals surface area contributed by atoms with E-state index in [9.17, 15) is 4.79 Å². The standard InChI is InChI=1S/C24H26ClN5O3S/c1-13-14(2)34-24-21(13)22(16-7-9-17(25)10-8-16)26-18(23-28-27-15(3)30(23)24)12-19(31)29-33-20-6-4-5-11-32-20/h7-10,18,20H,4-6,11-12H2,1-3H3,(H,29,31)/t18-,20?/m1/s1. The number of amides is 1. The number of carbonyl (C=O) groups is 1. The number of aliphatic imine (C=N–C) groups is 1. The molecule has 0 aliphatic carbocycles. The van der Waals surface area contributed by atoms with E-state index in [2.05, 4.69) is 29.5 Å². The Labute approximate surface area is 206 Å². The predicted octanol–water partition coefficient (Wildman–Crippen LogP) is 4.76. The highest BCUT2D eigenvalue weighted by Gasteiger charge is 2.32. The number of aromatic nitrogens is 3. The molecule has 1 fully saturated rings. The van der Waals surface area contributed by atoms with Crippen LogP contribution in [0.5, 0.6) is 0 Å². The van der Waals surface area contributed by atoms with Gasteiger partial charge in [-0.05, 0) is 51.3 Å². The maximum Gasteiger partial charge on any atom is 0.246 e. The van der Waals surface area contributed by atoms with Crippen LogP contribution in [0.4, 0.5) is 0 Å². The number of hydrogen-bond donors (Lipinski definition) is 1. The lowest BCUT2D eigenvalue weighted by Crippen LogP contribution is -2.33. The number of thiophene rings is 1. The third-order valence-corrected chi connectivity index (χ3v) is 7.62. The zero-order chi connectivity index (χ0) is 23.8. The Morgan fingerprint density at radius 1 is 1.24 bits per heavy atom. The van der Waals surface area contributed by atoms with Gasteiger partial charge in [-0.25, -0.2) is 10.3 Å². The van der Waals surface area contributed by atoms with Crippen LogP contribution in [0.3, 0.4) is 0 Å². The summed E-state index contributed by atoms with van der Waals surface area (Å²) in [5, 5.41) is 10.4. The largest absolute Gasteiger partial charge is 0.350 e. The molecule has 0 bridgehead atoms. The summed E-state index contributed by atoms with van der Waals surface area (Å²) < 4.78 is 7.56. The zero-order valence-electron chi connectivity index (χ0n) is 19.3. The van der Waals surface area contributed by atoms with Crippen molar-refractivity contribution in [1.82, 2.24) is 20.2 Å². The zero-order valence-corrected chi connectivity index (χ0v) is 20.9. The van der Waals surface area contributed by atoms with Gasteiger partial charge in [0.1, 0.15) is 16.9 Å². The van der Waals surface area contributed by atoms with Crippen LogP contribution in [-0.2, 0) is 14.4 Å². The fraction of sp³-hybridized carbons (Fsp3) is 0.417. The number of hydrogen-bond acceptors (Lipinski definition) is 7. The van der Waals surface area contributed by atoms with Crippen LogP contribution in [0.1, 0.15) is 64.9 Å². The molecule has 0 spiro atoms. The van der Waals surface area contributed by atoms with Crippen molar-refractivity contribution in [2.24, 2.45) is 4.99 Å². The van der Waals surface area contributed by atoms with Crippen LogP contribution in [0.25, 0.3) is 5.00 Å². The minimum atomic E-state index is -0.540. The van der Waals surface area contributed by atoms with Gasteiger partial charge < -0.3 is 4.74 Å². The summed E-state index contributed by atoms with van der Waals surface area (Å²) in [6.45, 7) is 6.75. The van der Waals surface area contributed by atoms with E-state index in [0.29, 0.717) is 17.5 Å². The molecule has 3 aromatic rings. The molecule has 2 aliphatic rings. The second kappa shape index (κ2) is 9.58. The van der Waals surface area contributed by atoms with Gasteiger partial charge in [-0.3, -0.25) is 14.4 Å². The number of aryl methyl sites for hydroxylation is 2. The lowest BCUT2D eigenvalue weighted by atomic mass is 9.99. The molecule has 4 heterocycles. The summed E-state index contributed by atoms with van der Waals surface area (Å²) in [7, 11) is 0. The van der Waals surface area contributed by atoms with Crippen LogP contribution < -0.4 is 5.48 Å². The molecule has 0 saturated carbocycles. The maximum atomic E-state index is 12.9. The predicted molar refractivity (Wildman–Crippen MR) is 131 cm³/mol. The molecular formula is C24H26ClN5O3S. The molecule has 1 N–H and O–H groups in total. The van der Waals surface area contributed by atoms with Gasteiger partial charge in [-0.15, -0.1) is 21.5 Å². The highest BCUT2D eigenvalue weighted by molar-refractivity contribution is 7.15. The molecule has 34 heavy (non-hydrogen) atoms. The summed E-state index contributed by atoms with van der Waals surface area (Å²) in [6, 6.07) is 7.07. The van der Waals surface area contributed by atoms with Crippen LogP contribution in [0.2, 0.25) is 5.02 Å². The Morgan fingerprint density at radius 3 is 2.76 bits per heavy atom. The van der Waals surface area contributed by atoms with E-state index in [1.54, 1.807) is 11.3 Å². The first-order valence-corrected chi connectivity index (χ1v) is 12.5. The molecule has 2 atom stereocenters. The van der Waals surface area contributed by atoms with E-state index in [4.69, 9.17) is 26.2 Å². The third kappa shape index (κ3) is 4.40. The van der Waals surface area contributed by atoms with Crippen molar-refractivity contribution in [2.75, 3.05) is 6.61 Å². The lowest BCUT2D eigenvalue weighted by Gasteiger charge is -2.22. The number of hydroxylamine groups is 1. The monoisotopic (exact) mass is 499 g/mol. The Bertz CT molecular complexity index is 1240. The van der Waals surface area contributed by atoms with Gasteiger partial charge in [0.25, 0.3) is 0 Å². The Morgan fingerprint density at radius 2 is 2.03 bits per heavy atom. The third-order valence-electron chi connectivity index (χ3n) is 6.18. The quantitative estimate of drug-likeness (QED) is 0.511. The molecule has 178 valence electrons. The summed E-state index contributed by atoms with van der Waals surface area (Å²) in [5.74, 6) is 1.10. The number of ether oxygens (including phenoxy) is 1. The molecule has 8 nitrogen and oxygen atoms in total. The summed E-state index contributed by atoms with van der Waals surface area (Å²) in [6.07, 6.45) is 2.44. The molecule has 5 rings (SSSR count). The molecule has 1 aromatic carbocycles. The first-order valence-electron chi connectivity index (χ1n) is 11.3. The fourth-order valence-corrected chi connectivity index (χ4v) is 5.63. The molecule has 10 heteroatoms. The topological polar surface area (TPSA) is 90.6 Å². The van der Waals surface area contributed by atoms with E-state index in [0.717, 1.165) is 52.5 Å². The Hall–Kier alpha value is -2.59. The highest BCUT2D eigenvalue weighted by Crippen LogP contribution is 2.39. The second-order valence-electron chi connectivity index (χ2n) is 8.55. The number of benzene rings is 1. The summed E-state index contributed by atoms with van der Waals surface area (Å²) in [4.78, 5) is 24.6. The average Bonchev–Trinajstić information content (AvgIpc) is 3.31. The Balaban J connectivity index is 1.53. The molecule has 2 aliphatic heterocycles. The fourth-order valence-electron chi connectivity index (χ4n) is 4.29. The van der Waals surface area contributed by atoms with Crippen molar-refractivity contribution in [1.29, 1.82) is 0 Å². The maximum absolute atomic E-state index is 12.9. The van der Waals surface area contributed by atoms with E-state index < -0.39 is 12.3 Å². The first kappa shape index (κ1) is 23.2. The van der Waals surface area contributed by atoms with Crippen molar-refractivity contribution < 1.29 is 14.4 Å². The van der Waals surface area contributed by atoms with Crippen molar-refractivity contribution in [2.45, 2.75) is 58.8 Å². The van der Waals surface area contributed by atoms with E-state index >= 15 is 0 Å². The van der Waals surface area contributed by atoms with Gasteiger partial charge >= 0.3 is 0 Å². The van der Waals surface area contributed by atoms with Crippen LogP contribution in [0.15, 0.2) is 29.3 Å². The first-order chi connectivity index (χ1) is 16.4. The van der Waals surface area contributed by atoms with Gasteiger partial charge in [-0.1, -0.05) is 23.7 Å². The van der Waals surface area contributed by atoms with E-state index in [1.165, 1.54) is 4.88 Å². The van der Waals surface area contributed by atoms with Crippen LogP contribution in [0, 0.1) is 20.8 Å². The normalized spacial score (nSPS) is 19.7. The number of carbonyl (C=O) groups excluding carboxylic acids is 1. The minimum absolute atomic E-state index is 0.0644. The molecule has 1 amide bonds. The van der Waals surface area contributed by atoms with Crippen LogP contribution >= 0.6 is 22.9 Å².